The summed E-state index contributed by atoms with van der Waals surface area (Å²) in [4.78, 5) is 2.49. The molecule has 1 aromatic carbocycles. The van der Waals surface area contributed by atoms with Crippen LogP contribution in [0.3, 0.4) is 0 Å². The Morgan fingerprint density at radius 1 is 1.07 bits per heavy atom. The Hall–Kier alpha value is -1.56. The van der Waals surface area contributed by atoms with Crippen molar-refractivity contribution in [2.24, 2.45) is 0 Å². The van der Waals surface area contributed by atoms with Crippen LogP contribution in [0.25, 0.3) is 10.9 Å². The minimum Gasteiger partial charge on any atom is -0.490 e. The topological polar surface area (TPSA) is 46.9 Å². The SMILES string of the molecule is COCCn1ccc2c(OC3CCN(C4CCCCC4O)CC3)cccc21. The van der Waals surface area contributed by atoms with E-state index in [1.54, 1.807) is 7.11 Å². The number of ether oxygens (including phenoxy) is 2. The Balaban J connectivity index is 1.38. The number of aliphatic hydroxyl groups excluding tert-OH is 1. The third kappa shape index (κ3) is 4.15. The second-order valence-electron chi connectivity index (χ2n) is 7.96. The Bertz CT molecular complexity index is 736. The van der Waals surface area contributed by atoms with Gasteiger partial charge in [0.2, 0.25) is 0 Å². The van der Waals surface area contributed by atoms with E-state index in [4.69, 9.17) is 9.47 Å². The first-order valence-corrected chi connectivity index (χ1v) is 10.4. The zero-order chi connectivity index (χ0) is 18.6. The van der Waals surface area contributed by atoms with E-state index >= 15 is 0 Å². The third-order valence-corrected chi connectivity index (χ3v) is 6.24. The highest BCUT2D eigenvalue weighted by Crippen LogP contribution is 2.31. The van der Waals surface area contributed by atoms with Crippen molar-refractivity contribution in [3.8, 4) is 5.75 Å². The lowest BCUT2D eigenvalue weighted by atomic mass is 9.90. The lowest BCUT2D eigenvalue weighted by Crippen LogP contribution is -2.50. The molecule has 0 spiro atoms. The quantitative estimate of drug-likeness (QED) is 0.844. The Morgan fingerprint density at radius 2 is 1.89 bits per heavy atom. The van der Waals surface area contributed by atoms with Crippen LogP contribution in [0.2, 0.25) is 0 Å². The van der Waals surface area contributed by atoms with Gasteiger partial charge < -0.3 is 19.1 Å². The van der Waals surface area contributed by atoms with Crippen LogP contribution < -0.4 is 4.74 Å². The van der Waals surface area contributed by atoms with Crippen molar-refractivity contribution in [3.63, 3.8) is 0 Å². The molecule has 5 nitrogen and oxygen atoms in total. The summed E-state index contributed by atoms with van der Waals surface area (Å²) in [6.07, 6.45) is 8.82. The number of nitrogens with zero attached hydrogens (tertiary/aromatic N) is 2. The molecule has 0 bridgehead atoms. The molecule has 1 aliphatic heterocycles. The van der Waals surface area contributed by atoms with E-state index < -0.39 is 0 Å². The fraction of sp³-hybridized carbons (Fsp3) is 0.636. The molecular formula is C22H32N2O3. The highest BCUT2D eigenvalue weighted by molar-refractivity contribution is 5.86. The van der Waals surface area contributed by atoms with Crippen LogP contribution in [-0.4, -0.2) is 59.6 Å². The van der Waals surface area contributed by atoms with Crippen molar-refractivity contribution in [2.75, 3.05) is 26.8 Å². The van der Waals surface area contributed by atoms with Gasteiger partial charge in [-0.1, -0.05) is 18.9 Å². The Labute approximate surface area is 161 Å². The average molecular weight is 373 g/mol. The minimum atomic E-state index is -0.142. The van der Waals surface area contributed by atoms with Crippen molar-refractivity contribution >= 4 is 10.9 Å². The van der Waals surface area contributed by atoms with Gasteiger partial charge in [-0.05, 0) is 43.9 Å². The summed E-state index contributed by atoms with van der Waals surface area (Å²) in [5.74, 6) is 0.986. The van der Waals surface area contributed by atoms with Crippen LogP contribution in [0.1, 0.15) is 38.5 Å². The van der Waals surface area contributed by atoms with Crippen LogP contribution >= 0.6 is 0 Å². The van der Waals surface area contributed by atoms with E-state index in [1.807, 2.05) is 0 Å². The second-order valence-corrected chi connectivity index (χ2v) is 7.96. The van der Waals surface area contributed by atoms with Crippen molar-refractivity contribution < 1.29 is 14.6 Å². The monoisotopic (exact) mass is 372 g/mol. The predicted molar refractivity (Wildman–Crippen MR) is 107 cm³/mol. The molecule has 2 unspecified atom stereocenters. The van der Waals surface area contributed by atoms with Gasteiger partial charge in [0.1, 0.15) is 11.9 Å². The molecule has 0 radical (unpaired) electrons. The molecule has 0 amide bonds. The van der Waals surface area contributed by atoms with E-state index in [-0.39, 0.29) is 12.2 Å². The van der Waals surface area contributed by atoms with E-state index in [9.17, 15) is 5.11 Å². The molecular weight excluding hydrogens is 340 g/mol. The zero-order valence-corrected chi connectivity index (χ0v) is 16.3. The maximum atomic E-state index is 10.3. The van der Waals surface area contributed by atoms with E-state index in [0.717, 1.165) is 51.1 Å². The normalized spacial score (nSPS) is 25.1. The zero-order valence-electron chi connectivity index (χ0n) is 16.3. The fourth-order valence-electron chi connectivity index (χ4n) is 4.71. The van der Waals surface area contributed by atoms with E-state index in [0.29, 0.717) is 12.6 Å². The Kier molecular flexibility index (Phi) is 6.01. The number of benzene rings is 1. The molecule has 148 valence electrons. The largest absolute Gasteiger partial charge is 0.490 e. The van der Waals surface area contributed by atoms with E-state index in [2.05, 4.69) is 39.9 Å². The number of rotatable bonds is 6. The smallest absolute Gasteiger partial charge is 0.129 e. The predicted octanol–water partition coefficient (Wildman–Crippen LogP) is 3.43. The molecule has 1 aromatic heterocycles. The number of piperidine rings is 1. The van der Waals surface area contributed by atoms with Gasteiger partial charge in [-0.15, -0.1) is 0 Å². The van der Waals surface area contributed by atoms with Crippen LogP contribution in [0.15, 0.2) is 30.5 Å². The number of hydrogen-bond donors (Lipinski definition) is 1. The summed E-state index contributed by atoms with van der Waals surface area (Å²) >= 11 is 0. The van der Waals surface area contributed by atoms with Crippen LogP contribution in [-0.2, 0) is 11.3 Å². The molecule has 2 aromatic rings. The summed E-state index contributed by atoms with van der Waals surface area (Å²) in [6.45, 7) is 3.61. The van der Waals surface area contributed by atoms with Crippen LogP contribution in [0.4, 0.5) is 0 Å². The number of methoxy groups -OCH3 is 1. The molecule has 1 N–H and O–H groups in total. The van der Waals surface area contributed by atoms with Gasteiger partial charge in [0.25, 0.3) is 0 Å². The molecule has 4 rings (SSSR count). The van der Waals surface area contributed by atoms with Gasteiger partial charge in [-0.2, -0.15) is 0 Å². The average Bonchev–Trinajstić information content (AvgIpc) is 3.12. The lowest BCUT2D eigenvalue weighted by Gasteiger charge is -2.41. The summed E-state index contributed by atoms with van der Waals surface area (Å²) < 4.78 is 13.8. The minimum absolute atomic E-state index is 0.142. The highest BCUT2D eigenvalue weighted by atomic mass is 16.5. The van der Waals surface area contributed by atoms with Crippen LogP contribution in [0, 0.1) is 0 Å². The molecule has 2 aliphatic rings. The molecule has 1 saturated heterocycles. The standard InChI is InChI=1S/C22H32N2O3/c1-26-16-15-24-14-11-18-19(24)6-4-8-22(18)27-17-9-12-23(13-10-17)20-5-2-3-7-21(20)25/h4,6,8,11,14,17,20-21,25H,2-3,5,7,9-10,12-13,15-16H2,1H3. The molecule has 2 fully saturated rings. The van der Waals surface area contributed by atoms with Crippen LogP contribution in [0.5, 0.6) is 5.75 Å². The lowest BCUT2D eigenvalue weighted by molar-refractivity contribution is -0.00672. The van der Waals surface area contributed by atoms with Gasteiger partial charge in [0, 0.05) is 44.4 Å². The Morgan fingerprint density at radius 3 is 2.67 bits per heavy atom. The molecule has 2 heterocycles. The first kappa shape index (κ1) is 18.8. The maximum absolute atomic E-state index is 10.3. The summed E-state index contributed by atoms with van der Waals surface area (Å²) in [5.41, 5.74) is 1.20. The number of hydrogen-bond acceptors (Lipinski definition) is 4. The maximum Gasteiger partial charge on any atom is 0.129 e. The second kappa shape index (κ2) is 8.63. The summed E-state index contributed by atoms with van der Waals surface area (Å²) in [7, 11) is 1.74. The van der Waals surface area contributed by atoms with Crippen molar-refractivity contribution in [2.45, 2.75) is 63.3 Å². The number of aliphatic hydroxyl groups is 1. The third-order valence-electron chi connectivity index (χ3n) is 6.24. The van der Waals surface area contributed by atoms with Gasteiger partial charge in [0.05, 0.1) is 18.2 Å². The molecule has 5 heteroatoms. The van der Waals surface area contributed by atoms with Gasteiger partial charge in [0.15, 0.2) is 0 Å². The highest BCUT2D eigenvalue weighted by Gasteiger charge is 2.32. The first-order chi connectivity index (χ1) is 13.3. The van der Waals surface area contributed by atoms with Crippen molar-refractivity contribution in [1.82, 2.24) is 9.47 Å². The van der Waals surface area contributed by atoms with Crippen molar-refractivity contribution in [1.29, 1.82) is 0 Å². The molecule has 27 heavy (non-hydrogen) atoms. The number of aromatic nitrogens is 1. The van der Waals surface area contributed by atoms with E-state index in [1.165, 1.54) is 23.7 Å². The fourth-order valence-corrected chi connectivity index (χ4v) is 4.71. The summed E-state index contributed by atoms with van der Waals surface area (Å²) in [5, 5.41) is 11.5. The summed E-state index contributed by atoms with van der Waals surface area (Å²) in [6, 6.07) is 8.81. The van der Waals surface area contributed by atoms with Crippen molar-refractivity contribution in [3.05, 3.63) is 30.5 Å². The molecule has 1 saturated carbocycles. The van der Waals surface area contributed by atoms with Gasteiger partial charge in [-0.3, -0.25) is 4.90 Å². The first-order valence-electron chi connectivity index (χ1n) is 10.4. The number of fused-ring (bicyclic) bond motifs is 1. The number of likely N-dealkylation sites (tertiary alicyclic amines) is 1. The molecule has 2 atom stereocenters. The molecule has 1 aliphatic carbocycles. The van der Waals surface area contributed by atoms with Gasteiger partial charge in [-0.25, -0.2) is 0 Å². The van der Waals surface area contributed by atoms with Gasteiger partial charge >= 0.3 is 0 Å².